The highest BCUT2D eigenvalue weighted by atomic mass is 16.5. The minimum Gasteiger partial charge on any atom is -0.385 e. The summed E-state index contributed by atoms with van der Waals surface area (Å²) in [4.78, 5) is 2.49. The minimum atomic E-state index is 0.765. The molecule has 3 nitrogen and oxygen atoms in total. The molecule has 0 radical (unpaired) electrons. The summed E-state index contributed by atoms with van der Waals surface area (Å²) in [5, 5.41) is 3.55. The number of unbranched alkanes of at least 4 members (excludes halogenated alkanes) is 1. The van der Waals surface area contributed by atoms with Gasteiger partial charge < -0.3 is 15.0 Å². The van der Waals surface area contributed by atoms with E-state index in [2.05, 4.69) is 17.3 Å². The molecule has 1 fully saturated rings. The number of rotatable bonds is 7. The van der Waals surface area contributed by atoms with Crippen LogP contribution >= 0.6 is 0 Å². The van der Waals surface area contributed by atoms with E-state index in [1.807, 2.05) is 0 Å². The Morgan fingerprint density at radius 1 is 1.33 bits per heavy atom. The zero-order chi connectivity index (χ0) is 10.9. The molecule has 0 aromatic rings. The first-order valence-electron chi connectivity index (χ1n) is 6.24. The van der Waals surface area contributed by atoms with Gasteiger partial charge in [-0.05, 0) is 45.8 Å². The molecule has 0 saturated carbocycles. The standard InChI is InChI=1S/C12H26N2O/c1-14-9-5-3-7-12(14)11-13-8-4-6-10-15-2/h12-13H,3-11H2,1-2H3. The first-order chi connectivity index (χ1) is 7.34. The maximum absolute atomic E-state index is 5.02. The molecule has 0 aromatic carbocycles. The lowest BCUT2D eigenvalue weighted by Crippen LogP contribution is -2.43. The Balaban J connectivity index is 1.94. The Hall–Kier alpha value is -0.120. The average molecular weight is 214 g/mol. The summed E-state index contributed by atoms with van der Waals surface area (Å²) in [6.07, 6.45) is 6.54. The predicted molar refractivity (Wildman–Crippen MR) is 64.2 cm³/mol. The number of nitrogens with zero attached hydrogens (tertiary/aromatic N) is 1. The molecule has 0 aliphatic carbocycles. The summed E-state index contributed by atoms with van der Waals surface area (Å²) in [6.45, 7) is 4.46. The lowest BCUT2D eigenvalue weighted by molar-refractivity contribution is 0.178. The van der Waals surface area contributed by atoms with Gasteiger partial charge in [-0.15, -0.1) is 0 Å². The third-order valence-corrected chi connectivity index (χ3v) is 3.25. The Morgan fingerprint density at radius 3 is 2.93 bits per heavy atom. The molecular formula is C12H26N2O. The van der Waals surface area contributed by atoms with Crippen LogP contribution in [0.4, 0.5) is 0 Å². The molecule has 0 aromatic heterocycles. The third-order valence-electron chi connectivity index (χ3n) is 3.25. The van der Waals surface area contributed by atoms with Crippen LogP contribution in [0.1, 0.15) is 32.1 Å². The van der Waals surface area contributed by atoms with Crippen LogP contribution in [0.2, 0.25) is 0 Å². The van der Waals surface area contributed by atoms with Gasteiger partial charge in [0.25, 0.3) is 0 Å². The molecule has 15 heavy (non-hydrogen) atoms. The highest BCUT2D eigenvalue weighted by Gasteiger charge is 2.17. The molecule has 0 amide bonds. The number of nitrogens with one attached hydrogen (secondary N) is 1. The summed E-state index contributed by atoms with van der Waals surface area (Å²) < 4.78 is 5.02. The fraction of sp³-hybridized carbons (Fsp3) is 1.00. The largest absolute Gasteiger partial charge is 0.385 e. The van der Waals surface area contributed by atoms with Crippen LogP contribution < -0.4 is 5.32 Å². The van der Waals surface area contributed by atoms with Gasteiger partial charge in [0.15, 0.2) is 0 Å². The average Bonchev–Trinajstić information content (AvgIpc) is 2.25. The first kappa shape index (κ1) is 12.9. The van der Waals surface area contributed by atoms with Crippen LogP contribution in [0, 0.1) is 0 Å². The van der Waals surface area contributed by atoms with E-state index in [1.165, 1.54) is 38.6 Å². The molecule has 1 N–H and O–H groups in total. The predicted octanol–water partition coefficient (Wildman–Crippen LogP) is 1.49. The van der Waals surface area contributed by atoms with Gasteiger partial charge in [0.05, 0.1) is 0 Å². The van der Waals surface area contributed by atoms with Crippen molar-refractivity contribution in [3.8, 4) is 0 Å². The van der Waals surface area contributed by atoms with Crippen molar-refractivity contribution in [3.05, 3.63) is 0 Å². The van der Waals surface area contributed by atoms with E-state index in [0.29, 0.717) is 0 Å². The number of hydrogen-bond donors (Lipinski definition) is 1. The van der Waals surface area contributed by atoms with Gasteiger partial charge in [-0.1, -0.05) is 6.42 Å². The number of methoxy groups -OCH3 is 1. The maximum atomic E-state index is 5.02. The number of likely N-dealkylation sites (N-methyl/N-ethyl adjacent to an activating group) is 1. The molecule has 1 atom stereocenters. The Labute approximate surface area is 94.2 Å². The molecule has 1 aliphatic rings. The van der Waals surface area contributed by atoms with Gasteiger partial charge in [-0.3, -0.25) is 0 Å². The lowest BCUT2D eigenvalue weighted by Gasteiger charge is -2.32. The molecule has 0 bridgehead atoms. The van der Waals surface area contributed by atoms with E-state index in [-0.39, 0.29) is 0 Å². The Morgan fingerprint density at radius 2 is 2.20 bits per heavy atom. The summed E-state index contributed by atoms with van der Waals surface area (Å²) in [7, 11) is 4.01. The van der Waals surface area contributed by atoms with Gasteiger partial charge >= 0.3 is 0 Å². The summed E-state index contributed by atoms with van der Waals surface area (Å²) in [6, 6.07) is 0.765. The van der Waals surface area contributed by atoms with E-state index in [9.17, 15) is 0 Å². The van der Waals surface area contributed by atoms with Crippen molar-refractivity contribution in [1.29, 1.82) is 0 Å². The second-order valence-electron chi connectivity index (χ2n) is 4.53. The van der Waals surface area contributed by atoms with Crippen LogP contribution in [0.3, 0.4) is 0 Å². The van der Waals surface area contributed by atoms with E-state index in [1.54, 1.807) is 7.11 Å². The Bertz CT molecular complexity index is 153. The second-order valence-corrected chi connectivity index (χ2v) is 4.53. The van der Waals surface area contributed by atoms with Crippen molar-refractivity contribution in [2.75, 3.05) is 40.4 Å². The van der Waals surface area contributed by atoms with Gasteiger partial charge in [0.2, 0.25) is 0 Å². The normalized spacial score (nSPS) is 23.2. The van der Waals surface area contributed by atoms with Crippen molar-refractivity contribution in [2.24, 2.45) is 0 Å². The highest BCUT2D eigenvalue weighted by molar-refractivity contribution is 4.75. The van der Waals surface area contributed by atoms with Gasteiger partial charge in [0, 0.05) is 26.3 Å². The van der Waals surface area contributed by atoms with Gasteiger partial charge in [-0.25, -0.2) is 0 Å². The second kappa shape index (κ2) is 8.08. The maximum Gasteiger partial charge on any atom is 0.0462 e. The first-order valence-corrected chi connectivity index (χ1v) is 6.24. The SMILES string of the molecule is COCCCCNCC1CCCCN1C. The molecular weight excluding hydrogens is 188 g/mol. The number of ether oxygens (including phenoxy) is 1. The molecule has 1 unspecified atom stereocenters. The van der Waals surface area contributed by atoms with Crippen LogP contribution in [-0.4, -0.2) is 51.3 Å². The monoisotopic (exact) mass is 214 g/mol. The van der Waals surface area contributed by atoms with Gasteiger partial charge in [-0.2, -0.15) is 0 Å². The van der Waals surface area contributed by atoms with Crippen molar-refractivity contribution in [2.45, 2.75) is 38.1 Å². The molecule has 1 aliphatic heterocycles. The highest BCUT2D eigenvalue weighted by Crippen LogP contribution is 2.13. The zero-order valence-corrected chi connectivity index (χ0v) is 10.3. The number of piperidine rings is 1. The topological polar surface area (TPSA) is 24.5 Å². The van der Waals surface area contributed by atoms with E-state index >= 15 is 0 Å². The van der Waals surface area contributed by atoms with E-state index < -0.39 is 0 Å². The molecule has 1 heterocycles. The van der Waals surface area contributed by atoms with Crippen molar-refractivity contribution < 1.29 is 4.74 Å². The molecule has 90 valence electrons. The number of hydrogen-bond acceptors (Lipinski definition) is 3. The zero-order valence-electron chi connectivity index (χ0n) is 10.3. The van der Waals surface area contributed by atoms with Gasteiger partial charge in [0.1, 0.15) is 0 Å². The van der Waals surface area contributed by atoms with Crippen LogP contribution in [0.15, 0.2) is 0 Å². The Kier molecular flexibility index (Phi) is 6.98. The quantitative estimate of drug-likeness (QED) is 0.650. The number of likely N-dealkylation sites (tertiary alicyclic amines) is 1. The van der Waals surface area contributed by atoms with E-state index in [4.69, 9.17) is 4.74 Å². The molecule has 1 rings (SSSR count). The van der Waals surface area contributed by atoms with Crippen LogP contribution in [-0.2, 0) is 4.74 Å². The summed E-state index contributed by atoms with van der Waals surface area (Å²) >= 11 is 0. The van der Waals surface area contributed by atoms with E-state index in [0.717, 1.165) is 25.7 Å². The smallest absolute Gasteiger partial charge is 0.0462 e. The molecule has 0 spiro atoms. The fourth-order valence-corrected chi connectivity index (χ4v) is 2.17. The van der Waals surface area contributed by atoms with Crippen molar-refractivity contribution in [1.82, 2.24) is 10.2 Å². The summed E-state index contributed by atoms with van der Waals surface area (Å²) in [5.41, 5.74) is 0. The minimum absolute atomic E-state index is 0.765. The van der Waals surface area contributed by atoms with Crippen molar-refractivity contribution in [3.63, 3.8) is 0 Å². The fourth-order valence-electron chi connectivity index (χ4n) is 2.17. The summed E-state index contributed by atoms with van der Waals surface area (Å²) in [5.74, 6) is 0. The molecule has 3 heteroatoms. The molecule has 1 saturated heterocycles. The van der Waals surface area contributed by atoms with Crippen molar-refractivity contribution >= 4 is 0 Å². The van der Waals surface area contributed by atoms with Crippen LogP contribution in [0.5, 0.6) is 0 Å². The lowest BCUT2D eigenvalue weighted by atomic mass is 10.0. The van der Waals surface area contributed by atoms with Crippen LogP contribution in [0.25, 0.3) is 0 Å². The third kappa shape index (κ3) is 5.50.